The van der Waals surface area contributed by atoms with Gasteiger partial charge in [0.1, 0.15) is 11.3 Å². The van der Waals surface area contributed by atoms with Crippen LogP contribution in [-0.4, -0.2) is 54.7 Å². The number of hydrogen-bond donors (Lipinski definition) is 2. The summed E-state index contributed by atoms with van der Waals surface area (Å²) < 4.78 is 11.2. The van der Waals surface area contributed by atoms with Gasteiger partial charge in [-0.25, -0.2) is 4.79 Å². The molecule has 30 heavy (non-hydrogen) atoms. The van der Waals surface area contributed by atoms with Crippen molar-refractivity contribution in [3.05, 3.63) is 29.3 Å². The van der Waals surface area contributed by atoms with Gasteiger partial charge in [-0.05, 0) is 62.8 Å². The number of likely N-dealkylation sites (N-methyl/N-ethyl adjacent to an activating group) is 1. The fraction of sp³-hybridized carbons (Fsp3) is 0.652. The van der Waals surface area contributed by atoms with Crippen LogP contribution in [0.15, 0.2) is 18.2 Å². The number of hydrogen-bond acceptors (Lipinski definition) is 5. The fourth-order valence-electron chi connectivity index (χ4n) is 4.55. The second-order valence-corrected chi connectivity index (χ2v) is 8.66. The molecule has 0 bridgehead atoms. The monoisotopic (exact) mass is 418 g/mol. The Labute approximate surface area is 178 Å². The molecule has 1 aromatic rings. The minimum atomic E-state index is -1.01. The Balaban J connectivity index is 1.44. The number of methoxy groups -OCH3 is 1. The van der Waals surface area contributed by atoms with E-state index in [0.29, 0.717) is 30.9 Å². The summed E-state index contributed by atoms with van der Waals surface area (Å²) in [6, 6.07) is 5.03. The molecular weight excluding hydrogens is 384 g/mol. The van der Waals surface area contributed by atoms with Crippen LogP contribution >= 0.6 is 0 Å². The number of amides is 1. The number of carbonyl (C=O) groups is 2. The summed E-state index contributed by atoms with van der Waals surface area (Å²) in [7, 11) is 3.36. The van der Waals surface area contributed by atoms with Crippen molar-refractivity contribution in [2.24, 2.45) is 17.6 Å². The maximum Gasteiger partial charge on any atom is 0.339 e. The third-order valence-electron chi connectivity index (χ3n) is 6.80. The number of carboxylic acids is 1. The van der Waals surface area contributed by atoms with Crippen LogP contribution < -0.4 is 10.5 Å². The van der Waals surface area contributed by atoms with E-state index in [4.69, 9.17) is 15.2 Å². The fourth-order valence-corrected chi connectivity index (χ4v) is 4.55. The van der Waals surface area contributed by atoms with Crippen molar-refractivity contribution in [1.29, 1.82) is 0 Å². The SMILES string of the molecule is COc1c(COCC2CCC([C@H](N)C(=O)N(C)C3CCC3)CC2)cccc1C(=O)O. The van der Waals surface area contributed by atoms with E-state index in [0.717, 1.165) is 44.1 Å². The lowest BCUT2D eigenvalue weighted by Crippen LogP contribution is -2.52. The van der Waals surface area contributed by atoms with E-state index in [2.05, 4.69) is 0 Å². The Kier molecular flexibility index (Phi) is 7.72. The number of para-hydroxylation sites is 1. The summed E-state index contributed by atoms with van der Waals surface area (Å²) >= 11 is 0. The summed E-state index contributed by atoms with van der Waals surface area (Å²) in [6.45, 7) is 0.923. The minimum absolute atomic E-state index is 0.0878. The lowest BCUT2D eigenvalue weighted by atomic mass is 9.78. The third kappa shape index (κ3) is 5.13. The van der Waals surface area contributed by atoms with Crippen LogP contribution in [0, 0.1) is 11.8 Å². The van der Waals surface area contributed by atoms with E-state index in [1.54, 1.807) is 6.07 Å². The van der Waals surface area contributed by atoms with Crippen molar-refractivity contribution >= 4 is 11.9 Å². The predicted molar refractivity (Wildman–Crippen MR) is 113 cm³/mol. The molecule has 0 aromatic heterocycles. The minimum Gasteiger partial charge on any atom is -0.495 e. The number of carbonyl (C=O) groups excluding carboxylic acids is 1. The predicted octanol–water partition coefficient (Wildman–Crippen LogP) is 3.05. The number of rotatable bonds is 9. The number of nitrogens with two attached hydrogens (primary N) is 1. The average molecular weight is 419 g/mol. The molecular formula is C23H34N2O5. The van der Waals surface area contributed by atoms with Crippen molar-refractivity contribution in [1.82, 2.24) is 4.90 Å². The van der Waals surface area contributed by atoms with Gasteiger partial charge >= 0.3 is 5.97 Å². The van der Waals surface area contributed by atoms with Gasteiger partial charge in [0.05, 0.1) is 19.8 Å². The number of benzene rings is 1. The van der Waals surface area contributed by atoms with Crippen LogP contribution in [0.4, 0.5) is 0 Å². The molecule has 0 radical (unpaired) electrons. The molecule has 1 atom stereocenters. The van der Waals surface area contributed by atoms with E-state index in [1.807, 2.05) is 18.0 Å². The topological polar surface area (TPSA) is 102 Å². The Hall–Kier alpha value is -2.12. The van der Waals surface area contributed by atoms with E-state index in [1.165, 1.54) is 19.6 Å². The van der Waals surface area contributed by atoms with E-state index >= 15 is 0 Å². The first-order valence-corrected chi connectivity index (χ1v) is 10.9. The van der Waals surface area contributed by atoms with Crippen LogP contribution in [0.1, 0.15) is 60.9 Å². The lowest BCUT2D eigenvalue weighted by Gasteiger charge is -2.38. The van der Waals surface area contributed by atoms with E-state index in [9.17, 15) is 14.7 Å². The summed E-state index contributed by atoms with van der Waals surface area (Å²) in [4.78, 5) is 25.8. The van der Waals surface area contributed by atoms with Crippen molar-refractivity contribution in [3.8, 4) is 5.75 Å². The van der Waals surface area contributed by atoms with Crippen molar-refractivity contribution in [2.45, 2.75) is 63.6 Å². The first-order chi connectivity index (χ1) is 14.4. The van der Waals surface area contributed by atoms with Crippen molar-refractivity contribution in [3.63, 3.8) is 0 Å². The van der Waals surface area contributed by atoms with Crippen LogP contribution in [-0.2, 0) is 16.1 Å². The average Bonchev–Trinajstić information content (AvgIpc) is 2.71. The molecule has 0 saturated heterocycles. The van der Waals surface area contributed by atoms with Crippen molar-refractivity contribution in [2.75, 3.05) is 20.8 Å². The Morgan fingerprint density at radius 1 is 1.20 bits per heavy atom. The normalized spacial score (nSPS) is 22.8. The molecule has 3 rings (SSSR count). The molecule has 7 nitrogen and oxygen atoms in total. The van der Waals surface area contributed by atoms with Crippen molar-refractivity contribution < 1.29 is 24.2 Å². The van der Waals surface area contributed by atoms with Gasteiger partial charge in [0.15, 0.2) is 0 Å². The molecule has 7 heteroatoms. The van der Waals surface area contributed by atoms with Crippen LogP contribution in [0.2, 0.25) is 0 Å². The molecule has 0 spiro atoms. The maximum atomic E-state index is 12.6. The summed E-state index contributed by atoms with van der Waals surface area (Å²) in [5.74, 6) is 0.102. The number of ether oxygens (including phenoxy) is 2. The summed E-state index contributed by atoms with van der Waals surface area (Å²) in [5.41, 5.74) is 7.19. The molecule has 2 aliphatic carbocycles. The molecule has 0 aliphatic heterocycles. The zero-order valence-electron chi connectivity index (χ0n) is 18.0. The van der Waals surface area contributed by atoms with Crippen LogP contribution in [0.25, 0.3) is 0 Å². The maximum absolute atomic E-state index is 12.6. The van der Waals surface area contributed by atoms with Gasteiger partial charge in [-0.1, -0.05) is 12.1 Å². The standard InChI is InChI=1S/C23H34N2O5/c1-25(18-6-4-7-18)22(26)20(24)16-11-9-15(10-12-16)13-30-14-17-5-3-8-19(23(27)28)21(17)29-2/h3,5,8,15-16,18,20H,4,6-7,9-14,24H2,1-2H3,(H,27,28)/t15?,16?,20-/m0/s1. The highest BCUT2D eigenvalue weighted by Gasteiger charge is 2.34. The van der Waals surface area contributed by atoms with Crippen LogP contribution in [0.5, 0.6) is 5.75 Å². The number of nitrogens with zero attached hydrogens (tertiary/aromatic N) is 1. The van der Waals surface area contributed by atoms with Gasteiger partial charge in [0.2, 0.25) is 5.91 Å². The Bertz CT molecular complexity index is 741. The molecule has 1 amide bonds. The first-order valence-electron chi connectivity index (χ1n) is 10.9. The second kappa shape index (κ2) is 10.3. The quantitative estimate of drug-likeness (QED) is 0.639. The molecule has 166 valence electrons. The summed E-state index contributed by atoms with van der Waals surface area (Å²) in [6.07, 6.45) is 7.26. The molecule has 2 saturated carbocycles. The van der Waals surface area contributed by atoms with Gasteiger partial charge in [-0.2, -0.15) is 0 Å². The van der Waals surface area contributed by atoms with Crippen LogP contribution in [0.3, 0.4) is 0 Å². The Morgan fingerprint density at radius 2 is 1.90 bits per heavy atom. The van der Waals surface area contributed by atoms with Gasteiger partial charge in [0.25, 0.3) is 0 Å². The smallest absolute Gasteiger partial charge is 0.339 e. The van der Waals surface area contributed by atoms with Gasteiger partial charge in [-0.3, -0.25) is 4.79 Å². The second-order valence-electron chi connectivity index (χ2n) is 8.66. The lowest BCUT2D eigenvalue weighted by molar-refractivity contribution is -0.136. The van der Waals surface area contributed by atoms with E-state index in [-0.39, 0.29) is 17.4 Å². The third-order valence-corrected chi connectivity index (χ3v) is 6.80. The largest absolute Gasteiger partial charge is 0.495 e. The first kappa shape index (κ1) is 22.6. The summed E-state index contributed by atoms with van der Waals surface area (Å²) in [5, 5.41) is 9.28. The highest BCUT2D eigenvalue weighted by molar-refractivity contribution is 5.91. The molecule has 0 heterocycles. The molecule has 1 aromatic carbocycles. The van der Waals surface area contributed by atoms with Gasteiger partial charge in [0, 0.05) is 25.3 Å². The number of aromatic carboxylic acids is 1. The molecule has 2 aliphatic rings. The highest BCUT2D eigenvalue weighted by Crippen LogP contribution is 2.33. The zero-order valence-corrected chi connectivity index (χ0v) is 18.0. The zero-order chi connectivity index (χ0) is 21.7. The Morgan fingerprint density at radius 3 is 2.47 bits per heavy atom. The van der Waals surface area contributed by atoms with Gasteiger partial charge < -0.3 is 25.2 Å². The highest BCUT2D eigenvalue weighted by atomic mass is 16.5. The number of carboxylic acid groups (broad SMARTS) is 1. The van der Waals surface area contributed by atoms with E-state index < -0.39 is 12.0 Å². The van der Waals surface area contributed by atoms with Gasteiger partial charge in [-0.15, -0.1) is 0 Å². The molecule has 3 N–H and O–H groups in total. The molecule has 0 unspecified atom stereocenters. The molecule has 2 fully saturated rings.